The van der Waals surface area contributed by atoms with Crippen molar-refractivity contribution in [1.29, 1.82) is 5.26 Å². The van der Waals surface area contributed by atoms with Crippen LogP contribution in [0.25, 0.3) is 32.1 Å². The van der Waals surface area contributed by atoms with Crippen LogP contribution in [-0.4, -0.2) is 76.7 Å². The highest BCUT2D eigenvalue weighted by Crippen LogP contribution is 2.52. The number of nitriles is 1. The first-order chi connectivity index (χ1) is 22.2. The van der Waals surface area contributed by atoms with Gasteiger partial charge in [-0.3, -0.25) is 4.90 Å². The van der Waals surface area contributed by atoms with Crippen molar-refractivity contribution >= 4 is 54.7 Å². The third-order valence-electron chi connectivity index (χ3n) is 10.0. The second-order valence-corrected chi connectivity index (χ2v) is 14.1. The van der Waals surface area contributed by atoms with Gasteiger partial charge >= 0.3 is 6.01 Å². The number of benzene rings is 2. The highest BCUT2D eigenvalue weighted by molar-refractivity contribution is 7.23. The van der Waals surface area contributed by atoms with Gasteiger partial charge in [0.2, 0.25) is 0 Å². The normalized spacial score (nSPS) is 25.7. The fourth-order valence-electron chi connectivity index (χ4n) is 8.00. The average molecular weight is 671 g/mol. The summed E-state index contributed by atoms with van der Waals surface area (Å²) < 4.78 is 59.3. The Morgan fingerprint density at radius 2 is 2.09 bits per heavy atom. The first-order valence-corrected chi connectivity index (χ1v) is 16.6. The Balaban J connectivity index is 1.37. The van der Waals surface area contributed by atoms with Gasteiger partial charge in [-0.05, 0) is 43.9 Å². The topological polar surface area (TPSA) is 121 Å². The number of aromatic nitrogens is 2. The molecule has 240 valence electrons. The van der Waals surface area contributed by atoms with Gasteiger partial charge in [-0.25, -0.2) is 13.2 Å². The molecule has 0 saturated carbocycles. The Morgan fingerprint density at radius 1 is 1.24 bits per heavy atom. The van der Waals surface area contributed by atoms with Gasteiger partial charge in [-0.1, -0.05) is 17.7 Å². The standard InChI is InChI=1S/C32H30ClF3N6O3S/c33-24-22(18-4-5-20(35)28-21(18)19(11-37)29(38)46-28)25(36)26-23-27(24)45-17(13-43)9-16-3-1-8-42(16)30(23)40-31(39-26)44-14-32-6-2-7-41(32)12-15(34)10-32/h4-5,15-17,43H,1-3,6-10,12-14,38H2/t15-,16-,17?,32+/m1/s1. The van der Waals surface area contributed by atoms with Crippen molar-refractivity contribution in [2.24, 2.45) is 0 Å². The molecule has 8 rings (SSSR count). The van der Waals surface area contributed by atoms with Crippen LogP contribution in [0.1, 0.15) is 44.1 Å². The van der Waals surface area contributed by atoms with E-state index in [1.807, 2.05) is 6.07 Å². The molecule has 3 fully saturated rings. The molecular formula is C32H30ClF3N6O3S. The zero-order valence-corrected chi connectivity index (χ0v) is 26.2. The smallest absolute Gasteiger partial charge is 0.319 e. The van der Waals surface area contributed by atoms with Crippen LogP contribution in [0.15, 0.2) is 12.1 Å². The van der Waals surface area contributed by atoms with Crippen molar-refractivity contribution in [3.63, 3.8) is 0 Å². The molecule has 14 heteroatoms. The molecule has 0 bridgehead atoms. The molecule has 0 aliphatic carbocycles. The first-order valence-electron chi connectivity index (χ1n) is 15.4. The molecule has 2 aromatic carbocycles. The van der Waals surface area contributed by atoms with Crippen molar-refractivity contribution in [2.75, 3.05) is 43.5 Å². The maximum Gasteiger partial charge on any atom is 0.319 e. The van der Waals surface area contributed by atoms with Crippen LogP contribution in [0, 0.1) is 23.0 Å². The highest BCUT2D eigenvalue weighted by atomic mass is 35.5. The molecule has 0 spiro atoms. The Morgan fingerprint density at radius 3 is 2.89 bits per heavy atom. The van der Waals surface area contributed by atoms with Crippen molar-refractivity contribution in [3.8, 4) is 29.0 Å². The molecule has 2 aromatic heterocycles. The highest BCUT2D eigenvalue weighted by Gasteiger charge is 2.49. The summed E-state index contributed by atoms with van der Waals surface area (Å²) in [4.78, 5) is 13.6. The fourth-order valence-corrected chi connectivity index (χ4v) is 9.27. The summed E-state index contributed by atoms with van der Waals surface area (Å²) in [5, 5.41) is 20.5. The van der Waals surface area contributed by atoms with Crippen LogP contribution in [0.5, 0.6) is 11.8 Å². The quantitative estimate of drug-likeness (QED) is 0.265. The van der Waals surface area contributed by atoms with Gasteiger partial charge in [0.25, 0.3) is 0 Å². The molecule has 0 amide bonds. The van der Waals surface area contributed by atoms with Crippen molar-refractivity contribution in [1.82, 2.24) is 14.9 Å². The predicted octanol–water partition coefficient (Wildman–Crippen LogP) is 5.96. The Bertz CT molecular complexity index is 1950. The minimum Gasteiger partial charge on any atom is -0.485 e. The second-order valence-electron chi connectivity index (χ2n) is 12.6. The maximum atomic E-state index is 17.1. The number of ether oxygens (including phenoxy) is 2. The number of nitrogens with two attached hydrogens (primary N) is 1. The predicted molar refractivity (Wildman–Crippen MR) is 169 cm³/mol. The first kappa shape index (κ1) is 29.8. The fraction of sp³-hybridized carbons (Fsp3) is 0.469. The molecule has 9 nitrogen and oxygen atoms in total. The summed E-state index contributed by atoms with van der Waals surface area (Å²) in [5.41, 5.74) is 5.49. The van der Waals surface area contributed by atoms with Gasteiger partial charge in [-0.15, -0.1) is 11.3 Å². The van der Waals surface area contributed by atoms with Crippen molar-refractivity contribution in [3.05, 3.63) is 34.4 Å². The zero-order chi connectivity index (χ0) is 31.9. The number of rotatable bonds is 5. The van der Waals surface area contributed by atoms with E-state index in [2.05, 4.69) is 14.8 Å². The minimum atomic E-state index is -0.946. The molecule has 4 aromatic rings. The minimum absolute atomic E-state index is 0.0114. The second kappa shape index (κ2) is 11.0. The number of hydrogen-bond donors (Lipinski definition) is 2. The van der Waals surface area contributed by atoms with Gasteiger partial charge in [-0.2, -0.15) is 15.2 Å². The van der Waals surface area contributed by atoms with Gasteiger partial charge < -0.3 is 25.2 Å². The van der Waals surface area contributed by atoms with E-state index in [9.17, 15) is 19.1 Å². The number of fused-ring (bicyclic) bond motifs is 4. The Hall–Kier alpha value is -3.57. The summed E-state index contributed by atoms with van der Waals surface area (Å²) in [5.74, 6) is -0.957. The lowest BCUT2D eigenvalue weighted by atomic mass is 9.95. The number of aliphatic hydroxyl groups is 1. The van der Waals surface area contributed by atoms with Crippen molar-refractivity contribution < 1.29 is 27.8 Å². The monoisotopic (exact) mass is 670 g/mol. The van der Waals surface area contributed by atoms with E-state index in [1.165, 1.54) is 12.1 Å². The van der Waals surface area contributed by atoms with E-state index < -0.39 is 29.4 Å². The molecule has 6 heterocycles. The average Bonchev–Trinajstić information content (AvgIpc) is 3.79. The number of aliphatic hydroxyl groups excluding tert-OH is 1. The van der Waals surface area contributed by atoms with Gasteiger partial charge in [0, 0.05) is 42.9 Å². The van der Waals surface area contributed by atoms with E-state index >= 15 is 4.39 Å². The number of alkyl halides is 1. The third kappa shape index (κ3) is 4.41. The van der Waals surface area contributed by atoms with Crippen LogP contribution < -0.4 is 20.1 Å². The van der Waals surface area contributed by atoms with Crippen LogP contribution in [0.4, 0.5) is 24.0 Å². The number of halogens is 4. The zero-order valence-electron chi connectivity index (χ0n) is 24.7. The summed E-state index contributed by atoms with van der Waals surface area (Å²) in [6.45, 7) is 1.62. The molecule has 3 N–H and O–H groups in total. The Labute approximate surface area is 271 Å². The summed E-state index contributed by atoms with van der Waals surface area (Å²) in [7, 11) is 0. The number of thiophene rings is 1. The lowest BCUT2D eigenvalue weighted by molar-refractivity contribution is 0.102. The number of nitrogen functional groups attached to an aromatic ring is 1. The van der Waals surface area contributed by atoms with E-state index in [0.29, 0.717) is 31.7 Å². The molecule has 46 heavy (non-hydrogen) atoms. The third-order valence-corrected chi connectivity index (χ3v) is 11.4. The van der Waals surface area contributed by atoms with Crippen LogP contribution >= 0.6 is 22.9 Å². The number of hydrogen-bond acceptors (Lipinski definition) is 10. The Kier molecular flexibility index (Phi) is 7.13. The summed E-state index contributed by atoms with van der Waals surface area (Å²) >= 11 is 7.92. The van der Waals surface area contributed by atoms with E-state index in [1.54, 1.807) is 0 Å². The molecule has 1 unspecified atom stereocenters. The number of anilines is 2. The van der Waals surface area contributed by atoms with Crippen molar-refractivity contribution in [2.45, 2.75) is 62.4 Å². The molecule has 3 saturated heterocycles. The van der Waals surface area contributed by atoms with Gasteiger partial charge in [0.1, 0.15) is 47.1 Å². The summed E-state index contributed by atoms with van der Waals surface area (Å²) in [6.07, 6.45) is 2.61. The molecule has 4 aliphatic heterocycles. The molecule has 4 atom stereocenters. The molecular weight excluding hydrogens is 641 g/mol. The van der Waals surface area contributed by atoms with E-state index in [0.717, 1.165) is 43.6 Å². The molecule has 4 aliphatic rings. The number of nitrogens with zero attached hydrogens (tertiary/aromatic N) is 5. The SMILES string of the molecule is N#Cc1c(N)sc2c(F)ccc(-c3c(Cl)c4c5c(nc(OC[C@@]67CCCN6C[C@H](F)C7)nc5c3F)N3CCC[C@@H]3CC(CO)O4)c12. The van der Waals surface area contributed by atoms with E-state index in [4.69, 9.17) is 31.8 Å². The van der Waals surface area contributed by atoms with Gasteiger partial charge in [0.05, 0.1) is 32.8 Å². The maximum absolute atomic E-state index is 17.1. The molecule has 0 radical (unpaired) electrons. The van der Waals surface area contributed by atoms with Crippen LogP contribution in [0.2, 0.25) is 5.02 Å². The van der Waals surface area contributed by atoms with Crippen LogP contribution in [-0.2, 0) is 0 Å². The largest absolute Gasteiger partial charge is 0.485 e. The van der Waals surface area contributed by atoms with E-state index in [-0.39, 0.29) is 78.7 Å². The lowest BCUT2D eigenvalue weighted by Gasteiger charge is -2.34. The van der Waals surface area contributed by atoms with Crippen LogP contribution in [0.3, 0.4) is 0 Å². The van der Waals surface area contributed by atoms with Gasteiger partial charge in [0.15, 0.2) is 11.6 Å². The lowest BCUT2D eigenvalue weighted by Crippen LogP contribution is -2.43. The summed E-state index contributed by atoms with van der Waals surface area (Å²) in [6, 6.07) is 4.46.